The van der Waals surface area contributed by atoms with E-state index in [0.29, 0.717) is 34.9 Å². The lowest BCUT2D eigenvalue weighted by molar-refractivity contribution is -0.136. The van der Waals surface area contributed by atoms with Gasteiger partial charge in [-0.25, -0.2) is 4.79 Å². The summed E-state index contributed by atoms with van der Waals surface area (Å²) in [5.41, 5.74) is 1.82. The Morgan fingerprint density at radius 3 is 2.42 bits per heavy atom. The van der Waals surface area contributed by atoms with Crippen LogP contribution in [-0.2, 0) is 14.3 Å². The Morgan fingerprint density at radius 1 is 1.19 bits per heavy atom. The van der Waals surface area contributed by atoms with Gasteiger partial charge in [0.15, 0.2) is 11.5 Å². The SMILES string of the molecule is COC(=O)C1=C(C)N(CC(C)C)C(=O)C1=Cc1cccc(OC)c1OC. The third-order valence-electron chi connectivity index (χ3n) is 4.18. The van der Waals surface area contributed by atoms with E-state index >= 15 is 0 Å². The average molecular weight is 359 g/mol. The predicted octanol–water partition coefficient (Wildman–Crippen LogP) is 3.03. The minimum Gasteiger partial charge on any atom is -0.493 e. The fraction of sp³-hybridized carbons (Fsp3) is 0.400. The zero-order valence-corrected chi connectivity index (χ0v) is 16.1. The molecule has 1 aliphatic rings. The Balaban J connectivity index is 2.61. The van der Waals surface area contributed by atoms with Crippen LogP contribution in [0.2, 0.25) is 0 Å². The van der Waals surface area contributed by atoms with Gasteiger partial charge < -0.3 is 19.1 Å². The number of carbonyl (C=O) groups is 2. The van der Waals surface area contributed by atoms with E-state index < -0.39 is 5.97 Å². The Kier molecular flexibility index (Phi) is 6.08. The van der Waals surface area contributed by atoms with E-state index in [1.54, 1.807) is 43.2 Å². The van der Waals surface area contributed by atoms with Gasteiger partial charge in [-0.2, -0.15) is 0 Å². The summed E-state index contributed by atoms with van der Waals surface area (Å²) in [6, 6.07) is 5.37. The number of esters is 1. The number of rotatable bonds is 6. The molecule has 1 heterocycles. The quantitative estimate of drug-likeness (QED) is 0.577. The molecule has 1 aromatic rings. The zero-order valence-electron chi connectivity index (χ0n) is 16.1. The van der Waals surface area contributed by atoms with Gasteiger partial charge >= 0.3 is 5.97 Å². The van der Waals surface area contributed by atoms with Crippen LogP contribution in [0.3, 0.4) is 0 Å². The highest BCUT2D eigenvalue weighted by Gasteiger charge is 2.37. The van der Waals surface area contributed by atoms with Crippen molar-refractivity contribution in [3.05, 3.63) is 40.6 Å². The van der Waals surface area contributed by atoms with Crippen molar-refractivity contribution in [2.24, 2.45) is 5.92 Å². The van der Waals surface area contributed by atoms with Gasteiger partial charge in [0, 0.05) is 17.8 Å². The fourth-order valence-corrected chi connectivity index (χ4v) is 2.99. The fourth-order valence-electron chi connectivity index (χ4n) is 2.99. The van der Waals surface area contributed by atoms with E-state index in [0.717, 1.165) is 0 Å². The van der Waals surface area contributed by atoms with Gasteiger partial charge in [0.1, 0.15) is 0 Å². The molecule has 26 heavy (non-hydrogen) atoms. The number of benzene rings is 1. The number of ether oxygens (including phenoxy) is 3. The Hall–Kier alpha value is -2.76. The van der Waals surface area contributed by atoms with Crippen LogP contribution >= 0.6 is 0 Å². The molecule has 0 N–H and O–H groups in total. The summed E-state index contributed by atoms with van der Waals surface area (Å²) in [4.78, 5) is 26.9. The first-order valence-corrected chi connectivity index (χ1v) is 8.39. The van der Waals surface area contributed by atoms with Gasteiger partial charge in [-0.05, 0) is 25.0 Å². The number of allylic oxidation sites excluding steroid dienone is 1. The van der Waals surface area contributed by atoms with Crippen molar-refractivity contribution < 1.29 is 23.8 Å². The van der Waals surface area contributed by atoms with Crippen molar-refractivity contribution in [1.29, 1.82) is 0 Å². The summed E-state index contributed by atoms with van der Waals surface area (Å²) >= 11 is 0. The molecule has 6 heteroatoms. The summed E-state index contributed by atoms with van der Waals surface area (Å²) < 4.78 is 15.6. The number of nitrogens with zero attached hydrogens (tertiary/aromatic N) is 1. The van der Waals surface area contributed by atoms with Gasteiger partial charge in [-0.15, -0.1) is 0 Å². The van der Waals surface area contributed by atoms with E-state index in [4.69, 9.17) is 14.2 Å². The first kappa shape index (κ1) is 19.6. The highest BCUT2D eigenvalue weighted by molar-refractivity contribution is 6.16. The second-order valence-corrected chi connectivity index (χ2v) is 6.40. The van der Waals surface area contributed by atoms with Crippen molar-refractivity contribution in [3.63, 3.8) is 0 Å². The summed E-state index contributed by atoms with van der Waals surface area (Å²) in [5, 5.41) is 0. The first-order valence-electron chi connectivity index (χ1n) is 8.39. The topological polar surface area (TPSA) is 65.1 Å². The number of hydrogen-bond acceptors (Lipinski definition) is 5. The maximum Gasteiger partial charge on any atom is 0.340 e. The largest absolute Gasteiger partial charge is 0.493 e. The van der Waals surface area contributed by atoms with Gasteiger partial charge in [0.2, 0.25) is 0 Å². The second-order valence-electron chi connectivity index (χ2n) is 6.40. The Bertz CT molecular complexity index is 776. The highest BCUT2D eigenvalue weighted by atomic mass is 16.5. The van der Waals surface area contributed by atoms with Crippen LogP contribution in [0.1, 0.15) is 26.3 Å². The van der Waals surface area contributed by atoms with E-state index in [1.807, 2.05) is 13.8 Å². The van der Waals surface area contributed by atoms with E-state index in [9.17, 15) is 9.59 Å². The van der Waals surface area contributed by atoms with Crippen molar-refractivity contribution in [2.45, 2.75) is 20.8 Å². The lowest BCUT2D eigenvalue weighted by atomic mass is 10.0. The van der Waals surface area contributed by atoms with Gasteiger partial charge in [-0.3, -0.25) is 4.79 Å². The molecule has 1 aromatic carbocycles. The normalized spacial score (nSPS) is 15.9. The molecule has 1 amide bonds. The number of carbonyl (C=O) groups excluding carboxylic acids is 2. The average Bonchev–Trinajstić information content (AvgIpc) is 2.84. The zero-order chi connectivity index (χ0) is 19.4. The monoisotopic (exact) mass is 359 g/mol. The van der Waals surface area contributed by atoms with Crippen LogP contribution in [0.4, 0.5) is 0 Å². The van der Waals surface area contributed by atoms with Gasteiger partial charge in [-0.1, -0.05) is 26.0 Å². The van der Waals surface area contributed by atoms with Crippen molar-refractivity contribution in [1.82, 2.24) is 4.90 Å². The summed E-state index contributed by atoms with van der Waals surface area (Å²) in [7, 11) is 4.38. The predicted molar refractivity (Wildman–Crippen MR) is 98.8 cm³/mol. The minimum atomic E-state index is -0.532. The maximum absolute atomic E-state index is 13.0. The van der Waals surface area contributed by atoms with E-state index in [1.165, 1.54) is 14.2 Å². The summed E-state index contributed by atoms with van der Waals surface area (Å²) in [6.45, 7) is 6.32. The Labute approximate surface area is 154 Å². The van der Waals surface area contributed by atoms with Crippen LogP contribution < -0.4 is 9.47 Å². The Morgan fingerprint density at radius 2 is 1.88 bits per heavy atom. The molecule has 0 aliphatic carbocycles. The third kappa shape index (κ3) is 3.59. The lowest BCUT2D eigenvalue weighted by Gasteiger charge is -2.20. The third-order valence-corrected chi connectivity index (χ3v) is 4.18. The molecule has 0 aromatic heterocycles. The first-order chi connectivity index (χ1) is 12.3. The molecule has 0 fully saturated rings. The highest BCUT2D eigenvalue weighted by Crippen LogP contribution is 2.36. The minimum absolute atomic E-state index is 0.221. The smallest absolute Gasteiger partial charge is 0.340 e. The maximum atomic E-state index is 13.0. The van der Waals surface area contributed by atoms with Crippen molar-refractivity contribution in [3.8, 4) is 11.5 Å². The second kappa shape index (κ2) is 8.08. The van der Waals surface area contributed by atoms with Gasteiger partial charge in [0.25, 0.3) is 5.91 Å². The standard InChI is InChI=1S/C20H25NO5/c1-12(2)11-21-13(3)17(20(23)26-6)15(19(21)22)10-14-8-7-9-16(24-4)18(14)25-5/h7-10,12H,11H2,1-6H3. The van der Waals surface area contributed by atoms with Crippen LogP contribution in [0.25, 0.3) is 6.08 Å². The molecule has 0 saturated carbocycles. The lowest BCUT2D eigenvalue weighted by Crippen LogP contribution is -2.28. The van der Waals surface area contributed by atoms with Crippen LogP contribution in [0.15, 0.2) is 35.0 Å². The van der Waals surface area contributed by atoms with E-state index in [2.05, 4.69) is 0 Å². The summed E-state index contributed by atoms with van der Waals surface area (Å²) in [6.07, 6.45) is 1.65. The molecule has 0 bridgehead atoms. The molecule has 0 atom stereocenters. The number of methoxy groups -OCH3 is 3. The van der Waals surface area contributed by atoms with E-state index in [-0.39, 0.29) is 17.4 Å². The molecule has 0 radical (unpaired) electrons. The van der Waals surface area contributed by atoms with Crippen molar-refractivity contribution >= 4 is 18.0 Å². The van der Waals surface area contributed by atoms with Crippen LogP contribution in [0, 0.1) is 5.92 Å². The molecular weight excluding hydrogens is 334 g/mol. The van der Waals surface area contributed by atoms with Crippen LogP contribution in [-0.4, -0.2) is 44.7 Å². The molecule has 0 unspecified atom stereocenters. The molecule has 1 aliphatic heterocycles. The number of hydrogen-bond donors (Lipinski definition) is 0. The van der Waals surface area contributed by atoms with Crippen LogP contribution in [0.5, 0.6) is 11.5 Å². The molecule has 6 nitrogen and oxygen atoms in total. The molecule has 2 rings (SSSR count). The number of amides is 1. The number of para-hydroxylation sites is 1. The molecular formula is C20H25NO5. The van der Waals surface area contributed by atoms with Crippen molar-refractivity contribution in [2.75, 3.05) is 27.9 Å². The molecule has 0 spiro atoms. The summed E-state index contributed by atoms with van der Waals surface area (Å²) in [5.74, 6) is 0.557. The van der Waals surface area contributed by atoms with Gasteiger partial charge in [0.05, 0.1) is 32.5 Å². The molecule has 140 valence electrons. The molecule has 0 saturated heterocycles.